The first-order chi connectivity index (χ1) is 16.3. The molecule has 1 fully saturated rings. The maximum atomic E-state index is 11.7. The number of carbonyl (C=O) groups excluding carboxylic acids is 1. The van der Waals surface area contributed by atoms with E-state index in [0.717, 1.165) is 12.8 Å². The molecule has 0 bridgehead atoms. The summed E-state index contributed by atoms with van der Waals surface area (Å²) in [5.41, 5.74) is 7.22. The number of imidazole rings is 1. The van der Waals surface area contributed by atoms with Gasteiger partial charge in [0, 0.05) is 17.0 Å². The number of halogens is 3. The molecular formula is C22H26Cl3N7O2. The number of nitrogens with zero attached hydrogens (tertiary/aromatic N) is 4. The normalized spacial score (nSPS) is 19.2. The first kappa shape index (κ1) is 24.8. The monoisotopic (exact) mass is 525 g/mol. The number of nitrogens with one attached hydrogen (secondary N) is 2. The summed E-state index contributed by atoms with van der Waals surface area (Å²) in [7, 11) is 0. The molecule has 34 heavy (non-hydrogen) atoms. The van der Waals surface area contributed by atoms with Crippen molar-refractivity contribution >= 4 is 69.5 Å². The predicted octanol–water partition coefficient (Wildman–Crippen LogP) is 4.93. The number of aromatic nitrogens is 4. The molecule has 1 atom stereocenters. The van der Waals surface area contributed by atoms with Gasteiger partial charge in [0.1, 0.15) is 5.52 Å². The second-order valence-corrected chi connectivity index (χ2v) is 9.67. The van der Waals surface area contributed by atoms with Crippen LogP contribution in [0.5, 0.6) is 0 Å². The standard InChI is InChI=1S/C22H26Cl3N7O2/c1-2-13(10-33)28-21-27-9-17-20(31-21)32(14-5-3-11(4-6-14)19(26)34)22(29-17)30-18-15(24)7-12(23)8-16(18)25/h7-9,11,13-14,33H,2-6,10H2,1H3,(H2,26,34)(H,29,30)(H,27,28,31)/t11-,13-,14+/m1/s1. The molecule has 9 nitrogen and oxygen atoms in total. The molecule has 0 unspecified atom stereocenters. The SMILES string of the molecule is CC[C@H](CO)Nc1ncc2nc(Nc3c(Cl)cc(Cl)cc3Cl)n([C@H]3CC[C@@H](C(N)=O)CC3)c2n1. The summed E-state index contributed by atoms with van der Waals surface area (Å²) in [6.45, 7) is 1.93. The van der Waals surface area contributed by atoms with Gasteiger partial charge in [-0.15, -0.1) is 0 Å². The van der Waals surface area contributed by atoms with Crippen molar-refractivity contribution in [2.75, 3.05) is 17.2 Å². The van der Waals surface area contributed by atoms with Crippen LogP contribution in [0.25, 0.3) is 11.2 Å². The molecule has 1 aliphatic carbocycles. The van der Waals surface area contributed by atoms with E-state index in [1.54, 1.807) is 18.3 Å². The van der Waals surface area contributed by atoms with Gasteiger partial charge in [-0.2, -0.15) is 4.98 Å². The van der Waals surface area contributed by atoms with E-state index < -0.39 is 0 Å². The number of hydrogen-bond acceptors (Lipinski definition) is 7. The Morgan fingerprint density at radius 2 is 1.88 bits per heavy atom. The van der Waals surface area contributed by atoms with Crippen molar-refractivity contribution in [1.29, 1.82) is 0 Å². The van der Waals surface area contributed by atoms with Crippen molar-refractivity contribution in [2.24, 2.45) is 11.7 Å². The van der Waals surface area contributed by atoms with E-state index in [-0.39, 0.29) is 30.5 Å². The molecule has 5 N–H and O–H groups in total. The van der Waals surface area contributed by atoms with Crippen LogP contribution in [0.4, 0.5) is 17.6 Å². The van der Waals surface area contributed by atoms with Crippen molar-refractivity contribution in [3.05, 3.63) is 33.4 Å². The van der Waals surface area contributed by atoms with Gasteiger partial charge in [-0.1, -0.05) is 41.7 Å². The third kappa shape index (κ3) is 5.17. The minimum Gasteiger partial charge on any atom is -0.394 e. The van der Waals surface area contributed by atoms with Crippen molar-refractivity contribution in [2.45, 2.75) is 51.1 Å². The molecule has 0 radical (unpaired) electrons. The number of hydrogen-bond donors (Lipinski definition) is 4. The Bertz CT molecular complexity index is 1170. The molecule has 1 aromatic carbocycles. The number of benzene rings is 1. The maximum absolute atomic E-state index is 11.7. The summed E-state index contributed by atoms with van der Waals surface area (Å²) in [5, 5.41) is 17.1. The maximum Gasteiger partial charge on any atom is 0.225 e. The molecule has 0 aliphatic heterocycles. The molecule has 182 valence electrons. The Morgan fingerprint density at radius 1 is 1.21 bits per heavy atom. The summed E-state index contributed by atoms with van der Waals surface area (Å²) in [6.07, 6.45) is 5.18. The number of fused-ring (bicyclic) bond motifs is 1. The van der Waals surface area contributed by atoms with Gasteiger partial charge in [0.15, 0.2) is 5.65 Å². The Balaban J connectivity index is 1.76. The van der Waals surface area contributed by atoms with Gasteiger partial charge in [-0.3, -0.25) is 9.36 Å². The lowest BCUT2D eigenvalue weighted by Gasteiger charge is -2.29. The lowest BCUT2D eigenvalue weighted by molar-refractivity contribution is -0.122. The molecule has 12 heteroatoms. The fourth-order valence-corrected chi connectivity index (χ4v) is 5.16. The molecule has 2 aromatic heterocycles. The smallest absolute Gasteiger partial charge is 0.225 e. The second kappa shape index (κ2) is 10.5. The molecule has 0 spiro atoms. The number of aliphatic hydroxyl groups excluding tert-OH is 1. The van der Waals surface area contributed by atoms with E-state index >= 15 is 0 Å². The Hall–Kier alpha value is -2.33. The summed E-state index contributed by atoms with van der Waals surface area (Å²) >= 11 is 18.9. The van der Waals surface area contributed by atoms with Gasteiger partial charge in [0.25, 0.3) is 0 Å². The van der Waals surface area contributed by atoms with Gasteiger partial charge < -0.3 is 21.5 Å². The summed E-state index contributed by atoms with van der Waals surface area (Å²) in [6, 6.07) is 3.06. The molecule has 3 aromatic rings. The molecule has 1 amide bonds. The van der Waals surface area contributed by atoms with E-state index in [0.29, 0.717) is 63.1 Å². The lowest BCUT2D eigenvalue weighted by atomic mass is 9.85. The zero-order valence-corrected chi connectivity index (χ0v) is 20.8. The number of amides is 1. The summed E-state index contributed by atoms with van der Waals surface area (Å²) in [5.74, 6) is 0.499. The third-order valence-electron chi connectivity index (χ3n) is 6.19. The van der Waals surface area contributed by atoms with Crippen LogP contribution in [-0.2, 0) is 4.79 Å². The second-order valence-electron chi connectivity index (χ2n) is 8.42. The van der Waals surface area contributed by atoms with Gasteiger partial charge >= 0.3 is 0 Å². The molecule has 1 aliphatic rings. The van der Waals surface area contributed by atoms with Gasteiger partial charge in [-0.25, -0.2) is 9.97 Å². The molecular weight excluding hydrogens is 501 g/mol. The zero-order valence-electron chi connectivity index (χ0n) is 18.6. The van der Waals surface area contributed by atoms with Crippen LogP contribution < -0.4 is 16.4 Å². The fourth-order valence-electron chi connectivity index (χ4n) is 4.25. The minimum atomic E-state index is -0.268. The highest BCUT2D eigenvalue weighted by atomic mass is 35.5. The third-order valence-corrected chi connectivity index (χ3v) is 7.00. The highest BCUT2D eigenvalue weighted by Crippen LogP contribution is 2.40. The molecule has 1 saturated carbocycles. The Labute approximate surface area is 212 Å². The Morgan fingerprint density at radius 3 is 2.47 bits per heavy atom. The van der Waals surface area contributed by atoms with Gasteiger partial charge in [0.2, 0.25) is 17.8 Å². The number of rotatable bonds is 8. The summed E-state index contributed by atoms with van der Waals surface area (Å²) in [4.78, 5) is 25.5. The first-order valence-corrected chi connectivity index (χ1v) is 12.3. The van der Waals surface area contributed by atoms with Crippen LogP contribution in [-0.4, -0.2) is 43.2 Å². The van der Waals surface area contributed by atoms with Crippen LogP contribution in [0, 0.1) is 5.92 Å². The van der Waals surface area contributed by atoms with Crippen LogP contribution in [0.2, 0.25) is 15.1 Å². The van der Waals surface area contributed by atoms with E-state index in [1.807, 2.05) is 11.5 Å². The van der Waals surface area contributed by atoms with Crippen LogP contribution in [0.15, 0.2) is 18.3 Å². The molecule has 0 saturated heterocycles. The fraction of sp³-hybridized carbons (Fsp3) is 0.455. The largest absolute Gasteiger partial charge is 0.394 e. The Kier molecular flexibility index (Phi) is 7.67. The lowest BCUT2D eigenvalue weighted by Crippen LogP contribution is -2.29. The number of primary amides is 1. The number of carbonyl (C=O) groups is 1. The van der Waals surface area contributed by atoms with E-state index in [1.165, 1.54) is 0 Å². The quantitative estimate of drug-likeness (QED) is 0.327. The summed E-state index contributed by atoms with van der Waals surface area (Å²) < 4.78 is 2.00. The van der Waals surface area contributed by atoms with Crippen molar-refractivity contribution < 1.29 is 9.90 Å². The van der Waals surface area contributed by atoms with E-state index in [2.05, 4.69) is 15.6 Å². The zero-order chi connectivity index (χ0) is 24.4. The van der Waals surface area contributed by atoms with Crippen molar-refractivity contribution in [1.82, 2.24) is 19.5 Å². The topological polar surface area (TPSA) is 131 Å². The highest BCUT2D eigenvalue weighted by molar-refractivity contribution is 6.41. The average Bonchev–Trinajstić information content (AvgIpc) is 3.17. The number of nitrogens with two attached hydrogens (primary N) is 1. The van der Waals surface area contributed by atoms with Gasteiger partial charge in [0.05, 0.1) is 34.6 Å². The molecule has 2 heterocycles. The van der Waals surface area contributed by atoms with E-state index in [4.69, 9.17) is 50.5 Å². The van der Waals surface area contributed by atoms with E-state index in [9.17, 15) is 9.90 Å². The molecule has 4 rings (SSSR count). The number of aliphatic hydroxyl groups is 1. The predicted molar refractivity (Wildman–Crippen MR) is 135 cm³/mol. The van der Waals surface area contributed by atoms with Crippen LogP contribution in [0.1, 0.15) is 45.1 Å². The van der Waals surface area contributed by atoms with Crippen LogP contribution >= 0.6 is 34.8 Å². The van der Waals surface area contributed by atoms with Crippen molar-refractivity contribution in [3.63, 3.8) is 0 Å². The minimum absolute atomic E-state index is 0.0236. The van der Waals surface area contributed by atoms with Crippen LogP contribution in [0.3, 0.4) is 0 Å². The average molecular weight is 527 g/mol. The van der Waals surface area contributed by atoms with Crippen molar-refractivity contribution in [3.8, 4) is 0 Å². The first-order valence-electron chi connectivity index (χ1n) is 11.1. The van der Waals surface area contributed by atoms with Gasteiger partial charge in [-0.05, 0) is 44.2 Å². The highest BCUT2D eigenvalue weighted by Gasteiger charge is 2.29. The number of anilines is 3.